The number of fused-ring (bicyclic) bond motifs is 14. The Hall–Kier alpha value is -8.47. The maximum Gasteiger partial charge on any atom is 0.164 e. The highest BCUT2D eigenvalue weighted by Crippen LogP contribution is 2.61. The molecule has 0 N–H and O–H groups in total. The van der Waals surface area contributed by atoms with Crippen LogP contribution in [-0.4, -0.2) is 19.5 Å². The van der Waals surface area contributed by atoms with Gasteiger partial charge in [0.2, 0.25) is 0 Å². The molecule has 64 heavy (non-hydrogen) atoms. The van der Waals surface area contributed by atoms with Crippen LogP contribution in [0.25, 0.3) is 105 Å². The molecule has 1 spiro atoms. The number of rotatable bonds is 4. The second kappa shape index (κ2) is 13.3. The molecule has 4 heteroatoms. The standard InChI is InChI=1S/C60H36N4/c1-3-18-42-38(14-1)16-11-24-48(42)58-61-57(62-59(63-58)49-25-12-17-39-15-2-4-19-43(39)49)40-32-30-37(31-33-40)41-34-35-55-53(36-41)60(50-26-8-5-20-44(50)45-21-6-9-27-51(45)60)52-28-13-23-47-46-22-7-10-29-54(46)64(55)56(47)52/h1-36H. The molecule has 0 bridgehead atoms. The molecular formula is C60H36N4. The maximum atomic E-state index is 5.22. The zero-order valence-electron chi connectivity index (χ0n) is 34.6. The zero-order chi connectivity index (χ0) is 41.9. The molecule has 0 unspecified atom stereocenters. The van der Waals surface area contributed by atoms with Crippen LogP contribution in [0.3, 0.4) is 0 Å². The number of para-hydroxylation sites is 2. The molecule has 10 aromatic carbocycles. The number of hydrogen-bond acceptors (Lipinski definition) is 3. The Bertz CT molecular complexity index is 3760. The Labute approximate surface area is 369 Å². The van der Waals surface area contributed by atoms with E-state index in [1.54, 1.807) is 0 Å². The largest absolute Gasteiger partial charge is 0.309 e. The molecular weight excluding hydrogens is 777 g/mol. The van der Waals surface area contributed by atoms with Crippen molar-refractivity contribution in [3.05, 3.63) is 241 Å². The normalized spacial score (nSPS) is 13.1. The smallest absolute Gasteiger partial charge is 0.164 e. The van der Waals surface area contributed by atoms with Crippen molar-refractivity contribution >= 4 is 43.4 Å². The van der Waals surface area contributed by atoms with Gasteiger partial charge < -0.3 is 4.57 Å². The fraction of sp³-hybridized carbons (Fsp3) is 0.0167. The molecule has 0 atom stereocenters. The molecule has 1 aliphatic carbocycles. The van der Waals surface area contributed by atoms with E-state index in [9.17, 15) is 0 Å². The SMILES string of the molecule is c1ccc2c(c1)-c1ccccc1C21c2cc(-c3ccc(-c4nc(-c5cccc6ccccc56)nc(-c5cccc6ccccc56)n4)cc3)ccc2-n2c3ccccc3c3cccc1c32. The van der Waals surface area contributed by atoms with E-state index in [-0.39, 0.29) is 0 Å². The molecule has 2 aromatic heterocycles. The average molecular weight is 813 g/mol. The third kappa shape index (κ3) is 4.79. The van der Waals surface area contributed by atoms with E-state index in [4.69, 9.17) is 15.0 Å². The Morgan fingerprint density at radius 2 is 0.781 bits per heavy atom. The lowest BCUT2D eigenvalue weighted by Crippen LogP contribution is -2.33. The molecule has 14 rings (SSSR count). The van der Waals surface area contributed by atoms with Crippen LogP contribution >= 0.6 is 0 Å². The average Bonchev–Trinajstić information content (AvgIpc) is 3.86. The summed E-state index contributed by atoms with van der Waals surface area (Å²) in [6.07, 6.45) is 0. The van der Waals surface area contributed by atoms with Crippen LogP contribution in [0.2, 0.25) is 0 Å². The van der Waals surface area contributed by atoms with Gasteiger partial charge in [-0.15, -0.1) is 0 Å². The highest BCUT2D eigenvalue weighted by atomic mass is 15.0. The summed E-state index contributed by atoms with van der Waals surface area (Å²) in [6.45, 7) is 0. The number of benzene rings is 10. The van der Waals surface area contributed by atoms with Gasteiger partial charge in [-0.25, -0.2) is 15.0 Å². The summed E-state index contributed by atoms with van der Waals surface area (Å²) in [6, 6.07) is 79.2. The summed E-state index contributed by atoms with van der Waals surface area (Å²) in [5, 5.41) is 7.06. The van der Waals surface area contributed by atoms with Gasteiger partial charge in [0.15, 0.2) is 17.5 Å². The highest BCUT2D eigenvalue weighted by Gasteiger charge is 2.50. The minimum Gasteiger partial charge on any atom is -0.309 e. The Balaban J connectivity index is 0.963. The van der Waals surface area contributed by atoms with Crippen molar-refractivity contribution in [3.8, 4) is 62.1 Å². The second-order valence-corrected chi connectivity index (χ2v) is 17.1. The molecule has 3 heterocycles. The van der Waals surface area contributed by atoms with E-state index < -0.39 is 5.41 Å². The van der Waals surface area contributed by atoms with Gasteiger partial charge in [0.1, 0.15) is 0 Å². The van der Waals surface area contributed by atoms with Crippen LogP contribution in [0, 0.1) is 0 Å². The summed E-state index contributed by atoms with van der Waals surface area (Å²) in [5.41, 5.74) is 16.2. The van der Waals surface area contributed by atoms with Gasteiger partial charge >= 0.3 is 0 Å². The third-order valence-electron chi connectivity index (χ3n) is 13.9. The highest BCUT2D eigenvalue weighted by molar-refractivity contribution is 6.13. The lowest BCUT2D eigenvalue weighted by molar-refractivity contribution is 0.749. The van der Waals surface area contributed by atoms with Crippen LogP contribution in [-0.2, 0) is 5.41 Å². The van der Waals surface area contributed by atoms with Crippen molar-refractivity contribution in [1.82, 2.24) is 19.5 Å². The molecule has 0 saturated carbocycles. The van der Waals surface area contributed by atoms with Crippen molar-refractivity contribution in [2.75, 3.05) is 0 Å². The first-order valence-electron chi connectivity index (χ1n) is 21.9. The molecule has 1 aliphatic heterocycles. The van der Waals surface area contributed by atoms with Crippen LogP contribution < -0.4 is 0 Å². The predicted molar refractivity (Wildman–Crippen MR) is 262 cm³/mol. The summed E-state index contributed by atoms with van der Waals surface area (Å²) in [4.78, 5) is 15.6. The quantitative estimate of drug-likeness (QED) is 0.178. The summed E-state index contributed by atoms with van der Waals surface area (Å²) < 4.78 is 2.51. The van der Waals surface area contributed by atoms with Gasteiger partial charge in [-0.3, -0.25) is 0 Å². The lowest BCUT2D eigenvalue weighted by Gasteiger charge is -2.40. The van der Waals surface area contributed by atoms with Gasteiger partial charge in [-0.2, -0.15) is 0 Å². The van der Waals surface area contributed by atoms with Crippen molar-refractivity contribution in [2.45, 2.75) is 5.41 Å². The zero-order valence-corrected chi connectivity index (χ0v) is 34.6. The summed E-state index contributed by atoms with van der Waals surface area (Å²) in [5.74, 6) is 1.94. The molecule has 296 valence electrons. The van der Waals surface area contributed by atoms with Gasteiger partial charge in [-0.05, 0) is 84.3 Å². The first-order chi connectivity index (χ1) is 31.7. The first kappa shape index (κ1) is 35.2. The van der Waals surface area contributed by atoms with Crippen LogP contribution in [0.4, 0.5) is 0 Å². The summed E-state index contributed by atoms with van der Waals surface area (Å²) in [7, 11) is 0. The summed E-state index contributed by atoms with van der Waals surface area (Å²) >= 11 is 0. The fourth-order valence-corrected chi connectivity index (χ4v) is 11.1. The van der Waals surface area contributed by atoms with Crippen LogP contribution in [0.15, 0.2) is 218 Å². The van der Waals surface area contributed by atoms with Gasteiger partial charge in [0.05, 0.1) is 22.1 Å². The van der Waals surface area contributed by atoms with E-state index in [0.717, 1.165) is 49.4 Å². The molecule has 0 fully saturated rings. The van der Waals surface area contributed by atoms with Crippen molar-refractivity contribution < 1.29 is 0 Å². The number of nitrogens with zero attached hydrogens (tertiary/aromatic N) is 4. The first-order valence-corrected chi connectivity index (χ1v) is 21.9. The van der Waals surface area contributed by atoms with E-state index >= 15 is 0 Å². The number of aromatic nitrogens is 4. The minimum absolute atomic E-state index is 0.511. The number of hydrogen-bond donors (Lipinski definition) is 0. The fourth-order valence-electron chi connectivity index (χ4n) is 11.1. The topological polar surface area (TPSA) is 43.6 Å². The van der Waals surface area contributed by atoms with Crippen molar-refractivity contribution in [3.63, 3.8) is 0 Å². The Kier molecular flexibility index (Phi) is 7.29. The molecule has 12 aromatic rings. The van der Waals surface area contributed by atoms with Crippen molar-refractivity contribution in [2.24, 2.45) is 0 Å². The molecule has 0 amide bonds. The third-order valence-corrected chi connectivity index (χ3v) is 13.9. The second-order valence-electron chi connectivity index (χ2n) is 17.1. The van der Waals surface area contributed by atoms with Gasteiger partial charge in [-0.1, -0.05) is 200 Å². The van der Waals surface area contributed by atoms with Crippen molar-refractivity contribution in [1.29, 1.82) is 0 Å². The predicted octanol–water partition coefficient (Wildman–Crippen LogP) is 14.6. The Morgan fingerprint density at radius 3 is 1.45 bits per heavy atom. The van der Waals surface area contributed by atoms with E-state index in [2.05, 4.69) is 223 Å². The molecule has 2 aliphatic rings. The Morgan fingerprint density at radius 1 is 0.312 bits per heavy atom. The van der Waals surface area contributed by atoms with E-state index in [0.29, 0.717) is 17.5 Å². The minimum atomic E-state index is -0.511. The molecule has 0 saturated heterocycles. The monoisotopic (exact) mass is 812 g/mol. The maximum absolute atomic E-state index is 5.22. The van der Waals surface area contributed by atoms with Crippen LogP contribution in [0.1, 0.15) is 22.3 Å². The lowest BCUT2D eigenvalue weighted by atomic mass is 9.65. The van der Waals surface area contributed by atoms with E-state index in [1.807, 2.05) is 0 Å². The van der Waals surface area contributed by atoms with Gasteiger partial charge in [0, 0.05) is 27.5 Å². The van der Waals surface area contributed by atoms with Gasteiger partial charge in [0.25, 0.3) is 0 Å². The van der Waals surface area contributed by atoms with E-state index in [1.165, 1.54) is 60.9 Å². The molecule has 0 radical (unpaired) electrons. The molecule has 4 nitrogen and oxygen atoms in total. The van der Waals surface area contributed by atoms with Crippen LogP contribution in [0.5, 0.6) is 0 Å².